The number of rotatable bonds is 3. The van der Waals surface area contributed by atoms with Crippen LogP contribution in [0.5, 0.6) is 0 Å². The fourth-order valence-corrected chi connectivity index (χ4v) is 4.21. The van der Waals surface area contributed by atoms with Gasteiger partial charge in [0.2, 0.25) is 10.0 Å². The molecule has 3 rings (SSSR count). The van der Waals surface area contributed by atoms with Crippen LogP contribution in [0.3, 0.4) is 0 Å². The lowest BCUT2D eigenvalue weighted by Gasteiger charge is -2.34. The number of piperidine rings is 1. The van der Waals surface area contributed by atoms with E-state index in [0.717, 1.165) is 43.9 Å². The summed E-state index contributed by atoms with van der Waals surface area (Å²) in [7, 11) is -3.23. The normalized spacial score (nSPS) is 24.4. The van der Waals surface area contributed by atoms with E-state index in [1.165, 1.54) is 6.26 Å². The summed E-state index contributed by atoms with van der Waals surface area (Å²) in [6.45, 7) is 3.51. The number of ether oxygens (including phenoxy) is 1. The Morgan fingerprint density at radius 3 is 2.68 bits per heavy atom. The van der Waals surface area contributed by atoms with Crippen LogP contribution in [0.2, 0.25) is 0 Å². The molecule has 2 fully saturated rings. The standard InChI is InChI=1S/C14H22N4O3S/c1-22(19,20)18-5-3-2-4-13(18)12-10-15-11-14(16-12)17-6-8-21-9-7-17/h10-11,13H,2-9H2,1H3/t13-/m0/s1. The first kappa shape index (κ1) is 15.6. The largest absolute Gasteiger partial charge is 0.378 e. The second-order valence-corrected chi connectivity index (χ2v) is 7.72. The van der Waals surface area contributed by atoms with Crippen molar-refractivity contribution in [2.45, 2.75) is 25.3 Å². The van der Waals surface area contributed by atoms with E-state index >= 15 is 0 Å². The lowest BCUT2D eigenvalue weighted by atomic mass is 10.0. The van der Waals surface area contributed by atoms with E-state index in [0.29, 0.717) is 19.8 Å². The number of morpholine rings is 1. The van der Waals surface area contributed by atoms with Crippen molar-refractivity contribution >= 4 is 15.8 Å². The second kappa shape index (κ2) is 6.47. The van der Waals surface area contributed by atoms with E-state index in [1.54, 1.807) is 16.7 Å². The van der Waals surface area contributed by atoms with E-state index in [1.807, 2.05) is 0 Å². The summed E-state index contributed by atoms with van der Waals surface area (Å²) in [6.07, 6.45) is 7.42. The summed E-state index contributed by atoms with van der Waals surface area (Å²) in [6, 6.07) is -0.197. The molecule has 0 aromatic carbocycles. The van der Waals surface area contributed by atoms with Crippen molar-refractivity contribution in [3.05, 3.63) is 18.1 Å². The highest BCUT2D eigenvalue weighted by Gasteiger charge is 2.32. The van der Waals surface area contributed by atoms with Crippen LogP contribution in [0, 0.1) is 0 Å². The van der Waals surface area contributed by atoms with Gasteiger partial charge in [-0.1, -0.05) is 6.42 Å². The van der Waals surface area contributed by atoms with Crippen LogP contribution >= 0.6 is 0 Å². The fraction of sp³-hybridized carbons (Fsp3) is 0.714. The van der Waals surface area contributed by atoms with Crippen LogP contribution in [0.1, 0.15) is 31.0 Å². The maximum Gasteiger partial charge on any atom is 0.211 e. The van der Waals surface area contributed by atoms with Crippen molar-refractivity contribution < 1.29 is 13.2 Å². The maximum absolute atomic E-state index is 12.0. The average molecular weight is 326 g/mol. The molecule has 2 aliphatic rings. The molecule has 1 aromatic heterocycles. The van der Waals surface area contributed by atoms with E-state index < -0.39 is 10.0 Å². The third-order valence-corrected chi connectivity index (χ3v) is 5.49. The Bertz CT molecular complexity index is 616. The molecule has 0 aliphatic carbocycles. The second-order valence-electron chi connectivity index (χ2n) is 5.79. The summed E-state index contributed by atoms with van der Waals surface area (Å²) in [5.74, 6) is 0.805. The summed E-state index contributed by atoms with van der Waals surface area (Å²) in [5, 5.41) is 0. The molecule has 1 aromatic rings. The highest BCUT2D eigenvalue weighted by molar-refractivity contribution is 7.88. The predicted octanol–water partition coefficient (Wildman–Crippen LogP) is 0.800. The monoisotopic (exact) mass is 326 g/mol. The summed E-state index contributed by atoms with van der Waals surface area (Å²) in [4.78, 5) is 11.1. The minimum atomic E-state index is -3.23. The van der Waals surface area contributed by atoms with Gasteiger partial charge >= 0.3 is 0 Å². The molecule has 2 saturated heterocycles. The van der Waals surface area contributed by atoms with Crippen molar-refractivity contribution in [3.63, 3.8) is 0 Å². The third-order valence-electron chi connectivity index (χ3n) is 4.20. The highest BCUT2D eigenvalue weighted by atomic mass is 32.2. The molecule has 0 bridgehead atoms. The maximum atomic E-state index is 12.0. The molecule has 0 unspecified atom stereocenters. The first-order chi connectivity index (χ1) is 10.6. The number of anilines is 1. The van der Waals surface area contributed by atoms with Gasteiger partial charge in [0.1, 0.15) is 5.82 Å². The highest BCUT2D eigenvalue weighted by Crippen LogP contribution is 2.32. The van der Waals surface area contributed by atoms with Crippen molar-refractivity contribution in [1.29, 1.82) is 0 Å². The fourth-order valence-electron chi connectivity index (χ4n) is 3.07. The predicted molar refractivity (Wildman–Crippen MR) is 83.2 cm³/mol. The Balaban J connectivity index is 1.86. The Morgan fingerprint density at radius 1 is 1.18 bits per heavy atom. The summed E-state index contributed by atoms with van der Waals surface area (Å²) in [5.41, 5.74) is 0.745. The van der Waals surface area contributed by atoms with Crippen molar-refractivity contribution in [2.75, 3.05) is 44.0 Å². The molecule has 0 saturated carbocycles. The van der Waals surface area contributed by atoms with Crippen molar-refractivity contribution in [2.24, 2.45) is 0 Å². The Morgan fingerprint density at radius 2 is 1.95 bits per heavy atom. The average Bonchev–Trinajstić information content (AvgIpc) is 2.55. The van der Waals surface area contributed by atoms with Gasteiger partial charge in [-0.25, -0.2) is 13.4 Å². The molecule has 0 N–H and O–H groups in total. The van der Waals surface area contributed by atoms with Gasteiger partial charge in [-0.15, -0.1) is 0 Å². The van der Waals surface area contributed by atoms with Gasteiger partial charge in [0, 0.05) is 19.6 Å². The van der Waals surface area contributed by atoms with Gasteiger partial charge in [-0.3, -0.25) is 4.98 Å². The SMILES string of the molecule is CS(=O)(=O)N1CCCC[C@H]1c1cncc(N2CCOCC2)n1. The molecule has 0 spiro atoms. The Labute approximate surface area is 131 Å². The molecule has 122 valence electrons. The van der Waals surface area contributed by atoms with Gasteiger partial charge in [-0.05, 0) is 12.8 Å². The number of hydrogen-bond donors (Lipinski definition) is 0. The number of sulfonamides is 1. The minimum absolute atomic E-state index is 0.197. The Kier molecular flexibility index (Phi) is 4.60. The summed E-state index contributed by atoms with van der Waals surface area (Å²) < 4.78 is 30.9. The van der Waals surface area contributed by atoms with E-state index in [9.17, 15) is 8.42 Å². The zero-order valence-corrected chi connectivity index (χ0v) is 13.6. The zero-order valence-electron chi connectivity index (χ0n) is 12.8. The van der Waals surface area contributed by atoms with Gasteiger partial charge in [-0.2, -0.15) is 4.31 Å². The van der Waals surface area contributed by atoms with Crippen LogP contribution in [-0.2, 0) is 14.8 Å². The van der Waals surface area contributed by atoms with Gasteiger partial charge in [0.25, 0.3) is 0 Å². The molecular formula is C14H22N4O3S. The lowest BCUT2D eigenvalue weighted by Crippen LogP contribution is -2.39. The summed E-state index contributed by atoms with van der Waals surface area (Å²) >= 11 is 0. The topological polar surface area (TPSA) is 75.6 Å². The molecule has 0 amide bonds. The van der Waals surface area contributed by atoms with Crippen LogP contribution in [-0.4, -0.2) is 61.8 Å². The molecule has 3 heterocycles. The molecule has 22 heavy (non-hydrogen) atoms. The van der Waals surface area contributed by atoms with Crippen molar-refractivity contribution in [3.8, 4) is 0 Å². The third kappa shape index (κ3) is 3.39. The molecule has 7 nitrogen and oxygen atoms in total. The first-order valence-electron chi connectivity index (χ1n) is 7.67. The first-order valence-corrected chi connectivity index (χ1v) is 9.52. The van der Waals surface area contributed by atoms with Gasteiger partial charge < -0.3 is 9.64 Å². The zero-order chi connectivity index (χ0) is 15.6. The van der Waals surface area contributed by atoms with E-state index in [-0.39, 0.29) is 6.04 Å². The van der Waals surface area contributed by atoms with Crippen LogP contribution in [0.25, 0.3) is 0 Å². The number of hydrogen-bond acceptors (Lipinski definition) is 6. The van der Waals surface area contributed by atoms with E-state index in [2.05, 4.69) is 14.9 Å². The van der Waals surface area contributed by atoms with Gasteiger partial charge in [0.15, 0.2) is 0 Å². The molecule has 0 radical (unpaired) electrons. The van der Waals surface area contributed by atoms with Crippen LogP contribution in [0.15, 0.2) is 12.4 Å². The molecular weight excluding hydrogens is 304 g/mol. The minimum Gasteiger partial charge on any atom is -0.378 e. The quantitative estimate of drug-likeness (QED) is 0.818. The van der Waals surface area contributed by atoms with Gasteiger partial charge in [0.05, 0.1) is 43.6 Å². The Hall–Kier alpha value is -1.25. The molecule has 2 aliphatic heterocycles. The smallest absolute Gasteiger partial charge is 0.211 e. The van der Waals surface area contributed by atoms with Crippen LogP contribution in [0.4, 0.5) is 5.82 Å². The molecule has 8 heteroatoms. The number of nitrogens with zero attached hydrogens (tertiary/aromatic N) is 4. The lowest BCUT2D eigenvalue weighted by molar-refractivity contribution is 0.122. The number of aromatic nitrogens is 2. The van der Waals surface area contributed by atoms with E-state index in [4.69, 9.17) is 4.74 Å². The molecule has 1 atom stereocenters. The van der Waals surface area contributed by atoms with Crippen molar-refractivity contribution in [1.82, 2.24) is 14.3 Å². The van der Waals surface area contributed by atoms with Crippen LogP contribution < -0.4 is 4.90 Å².